The molecule has 1 atom stereocenters. The lowest BCUT2D eigenvalue weighted by atomic mass is 10.1. The van der Waals surface area contributed by atoms with Crippen molar-refractivity contribution >= 4 is 27.3 Å². The Bertz CT molecular complexity index is 1220. The second-order valence-corrected chi connectivity index (χ2v) is 11.3. The van der Waals surface area contributed by atoms with E-state index in [4.69, 9.17) is 9.47 Å². The van der Waals surface area contributed by atoms with Crippen molar-refractivity contribution in [2.24, 2.45) is 0 Å². The maximum atomic E-state index is 13.3. The van der Waals surface area contributed by atoms with Gasteiger partial charge in [-0.1, -0.05) is 12.1 Å². The van der Waals surface area contributed by atoms with Gasteiger partial charge >= 0.3 is 0 Å². The zero-order chi connectivity index (χ0) is 24.6. The van der Waals surface area contributed by atoms with Crippen molar-refractivity contribution in [3.63, 3.8) is 0 Å². The number of rotatable bonds is 8. The van der Waals surface area contributed by atoms with Gasteiger partial charge in [-0.05, 0) is 55.5 Å². The molecule has 0 spiro atoms. The van der Waals surface area contributed by atoms with Crippen molar-refractivity contribution < 1.29 is 27.5 Å². The normalized spacial score (nSPS) is 17.1. The summed E-state index contributed by atoms with van der Waals surface area (Å²) in [5.74, 6) is -0.000701. The first-order valence-corrected chi connectivity index (χ1v) is 13.3. The SMILES string of the molecule is COc1ccc(C(CN2C(=O)c3cccc(N(C)C)c3C2=O)S(C)(=O)=O)cc1OC1CCCC1. The van der Waals surface area contributed by atoms with E-state index in [9.17, 15) is 18.0 Å². The fourth-order valence-electron chi connectivity index (χ4n) is 4.68. The van der Waals surface area contributed by atoms with Gasteiger partial charge in [-0.15, -0.1) is 0 Å². The van der Waals surface area contributed by atoms with Gasteiger partial charge in [-0.3, -0.25) is 14.5 Å². The second kappa shape index (κ2) is 9.29. The first kappa shape index (κ1) is 24.1. The molecule has 0 aromatic heterocycles. The molecule has 0 N–H and O–H groups in total. The van der Waals surface area contributed by atoms with E-state index in [2.05, 4.69) is 0 Å². The predicted molar refractivity (Wildman–Crippen MR) is 130 cm³/mol. The molecule has 1 unspecified atom stereocenters. The van der Waals surface area contributed by atoms with Gasteiger partial charge in [0.05, 0.1) is 30.9 Å². The lowest BCUT2D eigenvalue weighted by Crippen LogP contribution is -2.36. The highest BCUT2D eigenvalue weighted by atomic mass is 32.2. The average molecular weight is 487 g/mol. The molecule has 34 heavy (non-hydrogen) atoms. The molecule has 1 saturated carbocycles. The van der Waals surface area contributed by atoms with E-state index in [0.717, 1.165) is 36.8 Å². The summed E-state index contributed by atoms with van der Waals surface area (Å²) < 4.78 is 37.3. The van der Waals surface area contributed by atoms with E-state index in [-0.39, 0.29) is 18.2 Å². The molecule has 1 aliphatic heterocycles. The van der Waals surface area contributed by atoms with Gasteiger partial charge in [-0.25, -0.2) is 8.42 Å². The minimum atomic E-state index is -3.68. The van der Waals surface area contributed by atoms with E-state index in [1.807, 2.05) is 0 Å². The van der Waals surface area contributed by atoms with Crippen molar-refractivity contribution in [3.8, 4) is 11.5 Å². The summed E-state index contributed by atoms with van der Waals surface area (Å²) in [4.78, 5) is 29.2. The number of nitrogens with zero attached hydrogens (tertiary/aromatic N) is 2. The monoisotopic (exact) mass is 486 g/mol. The number of benzene rings is 2. The number of hydrogen-bond donors (Lipinski definition) is 0. The summed E-state index contributed by atoms with van der Waals surface area (Å²) in [6, 6.07) is 10.1. The summed E-state index contributed by atoms with van der Waals surface area (Å²) in [7, 11) is 1.43. The number of carbonyl (C=O) groups is 2. The van der Waals surface area contributed by atoms with E-state index in [1.54, 1.807) is 55.4 Å². The largest absolute Gasteiger partial charge is 0.493 e. The van der Waals surface area contributed by atoms with Gasteiger partial charge in [-0.2, -0.15) is 0 Å². The highest BCUT2D eigenvalue weighted by molar-refractivity contribution is 7.91. The summed E-state index contributed by atoms with van der Waals surface area (Å²) in [5, 5.41) is -1.10. The molecular formula is C25H30N2O6S. The van der Waals surface area contributed by atoms with Crippen molar-refractivity contribution in [1.29, 1.82) is 0 Å². The highest BCUT2D eigenvalue weighted by Crippen LogP contribution is 2.37. The van der Waals surface area contributed by atoms with Crippen molar-refractivity contribution in [2.45, 2.75) is 37.0 Å². The lowest BCUT2D eigenvalue weighted by molar-refractivity contribution is 0.0654. The molecule has 1 fully saturated rings. The fourth-order valence-corrected chi connectivity index (χ4v) is 5.74. The third-order valence-electron chi connectivity index (χ3n) is 6.48. The Hall–Kier alpha value is -3.07. The van der Waals surface area contributed by atoms with E-state index >= 15 is 0 Å². The number of amides is 2. The fraction of sp³-hybridized carbons (Fsp3) is 0.440. The van der Waals surface area contributed by atoms with Gasteiger partial charge in [0, 0.05) is 26.0 Å². The van der Waals surface area contributed by atoms with Gasteiger partial charge in [0.2, 0.25) is 0 Å². The van der Waals surface area contributed by atoms with E-state index in [1.165, 1.54) is 7.11 Å². The number of sulfone groups is 1. The third-order valence-corrected chi connectivity index (χ3v) is 7.93. The van der Waals surface area contributed by atoms with Crippen LogP contribution in [-0.4, -0.2) is 65.2 Å². The Morgan fingerprint density at radius 2 is 1.76 bits per heavy atom. The maximum absolute atomic E-state index is 13.3. The maximum Gasteiger partial charge on any atom is 0.263 e. The molecule has 2 aromatic carbocycles. The Labute approximate surface area is 200 Å². The standard InChI is InChI=1S/C25H30N2O6S/c1-26(2)19-11-7-10-18-23(19)25(29)27(24(18)28)15-22(34(4,30)31)16-12-13-20(32-3)21(14-16)33-17-8-5-6-9-17/h7,10-14,17,22H,5-6,8-9,15H2,1-4H3. The molecule has 0 saturated heterocycles. The highest BCUT2D eigenvalue weighted by Gasteiger charge is 2.41. The zero-order valence-electron chi connectivity index (χ0n) is 19.9. The number of fused-ring (bicyclic) bond motifs is 1. The van der Waals surface area contributed by atoms with Crippen LogP contribution >= 0.6 is 0 Å². The van der Waals surface area contributed by atoms with Crippen LogP contribution in [0.4, 0.5) is 5.69 Å². The number of methoxy groups -OCH3 is 1. The second-order valence-electron chi connectivity index (χ2n) is 9.07. The molecule has 2 aliphatic rings. The molecule has 182 valence electrons. The quantitative estimate of drug-likeness (QED) is 0.528. The molecule has 0 bridgehead atoms. The summed E-state index contributed by atoms with van der Waals surface area (Å²) in [5.41, 5.74) is 1.64. The number of anilines is 1. The van der Waals surface area contributed by atoms with Gasteiger partial charge in [0.25, 0.3) is 11.8 Å². The molecule has 2 amide bonds. The van der Waals surface area contributed by atoms with Crippen LogP contribution in [0, 0.1) is 0 Å². The number of ether oxygens (including phenoxy) is 2. The first-order valence-electron chi connectivity index (χ1n) is 11.3. The number of carbonyl (C=O) groups excluding carboxylic acids is 2. The van der Waals surface area contributed by atoms with Crippen LogP contribution in [0.25, 0.3) is 0 Å². The first-order chi connectivity index (χ1) is 16.1. The van der Waals surface area contributed by atoms with Crippen LogP contribution < -0.4 is 14.4 Å². The minimum Gasteiger partial charge on any atom is -0.493 e. The number of imide groups is 1. The van der Waals surface area contributed by atoms with Crippen LogP contribution in [0.5, 0.6) is 11.5 Å². The topological polar surface area (TPSA) is 93.2 Å². The van der Waals surface area contributed by atoms with Crippen molar-refractivity contribution in [1.82, 2.24) is 4.90 Å². The Morgan fingerprint density at radius 1 is 1.06 bits per heavy atom. The molecular weight excluding hydrogens is 456 g/mol. The van der Waals surface area contributed by atoms with Gasteiger partial charge < -0.3 is 14.4 Å². The smallest absolute Gasteiger partial charge is 0.263 e. The van der Waals surface area contributed by atoms with Crippen molar-refractivity contribution in [3.05, 3.63) is 53.1 Å². The average Bonchev–Trinajstić information content (AvgIpc) is 3.38. The molecule has 9 heteroatoms. The summed E-state index contributed by atoms with van der Waals surface area (Å²) in [6.45, 7) is -0.284. The van der Waals surface area contributed by atoms with Crippen LogP contribution in [0.1, 0.15) is 57.2 Å². The van der Waals surface area contributed by atoms with E-state index in [0.29, 0.717) is 28.3 Å². The molecule has 4 rings (SSSR count). The Morgan fingerprint density at radius 3 is 2.38 bits per heavy atom. The van der Waals surface area contributed by atoms with E-state index < -0.39 is 26.9 Å². The lowest BCUT2D eigenvalue weighted by Gasteiger charge is -2.23. The summed E-state index contributed by atoms with van der Waals surface area (Å²) >= 11 is 0. The molecule has 8 nitrogen and oxygen atoms in total. The Balaban J connectivity index is 1.68. The van der Waals surface area contributed by atoms with Gasteiger partial charge in [0.1, 0.15) is 5.25 Å². The third kappa shape index (κ3) is 4.49. The Kier molecular flexibility index (Phi) is 6.58. The summed E-state index contributed by atoms with van der Waals surface area (Å²) in [6.07, 6.45) is 5.23. The van der Waals surface area contributed by atoms with Crippen LogP contribution in [0.2, 0.25) is 0 Å². The van der Waals surface area contributed by atoms with Crippen LogP contribution in [0.3, 0.4) is 0 Å². The van der Waals surface area contributed by atoms with Crippen LogP contribution in [-0.2, 0) is 9.84 Å². The molecule has 2 aromatic rings. The molecule has 0 radical (unpaired) electrons. The molecule has 1 aliphatic carbocycles. The minimum absolute atomic E-state index is 0.0570. The number of hydrogen-bond acceptors (Lipinski definition) is 7. The van der Waals surface area contributed by atoms with Gasteiger partial charge in [0.15, 0.2) is 21.3 Å². The zero-order valence-corrected chi connectivity index (χ0v) is 20.7. The van der Waals surface area contributed by atoms with Crippen molar-refractivity contribution in [2.75, 3.05) is 38.9 Å². The molecule has 1 heterocycles. The predicted octanol–water partition coefficient (Wildman–Crippen LogP) is 3.46. The van der Waals surface area contributed by atoms with Crippen LogP contribution in [0.15, 0.2) is 36.4 Å².